The van der Waals surface area contributed by atoms with Crippen LogP contribution in [0.5, 0.6) is 0 Å². The number of halogens is 4. The second kappa shape index (κ2) is 7.16. The number of aliphatic hydroxyl groups excluding tert-OH is 1. The molecule has 27 heavy (non-hydrogen) atoms. The second-order valence-corrected chi connectivity index (χ2v) is 6.26. The minimum atomic E-state index is -4.51. The number of rotatable bonds is 4. The largest absolute Gasteiger partial charge is 0.416 e. The summed E-state index contributed by atoms with van der Waals surface area (Å²) in [6.45, 7) is 1.20. The van der Waals surface area contributed by atoms with Gasteiger partial charge in [0.15, 0.2) is 0 Å². The summed E-state index contributed by atoms with van der Waals surface area (Å²) in [7, 11) is 0. The van der Waals surface area contributed by atoms with Gasteiger partial charge in [-0.1, -0.05) is 17.7 Å². The van der Waals surface area contributed by atoms with E-state index in [0.717, 1.165) is 12.1 Å². The van der Waals surface area contributed by atoms with Gasteiger partial charge in [-0.3, -0.25) is 9.48 Å². The topological polar surface area (TPSA) is 83.8 Å². The van der Waals surface area contributed by atoms with Gasteiger partial charge in [-0.25, -0.2) is 4.98 Å². The third-order valence-corrected chi connectivity index (χ3v) is 4.26. The fourth-order valence-corrected chi connectivity index (χ4v) is 2.97. The maximum atomic E-state index is 12.8. The zero-order valence-electron chi connectivity index (χ0n) is 14.0. The Labute approximate surface area is 156 Å². The van der Waals surface area contributed by atoms with Gasteiger partial charge in [0.2, 0.25) is 0 Å². The molecule has 142 valence electrons. The van der Waals surface area contributed by atoms with E-state index in [4.69, 9.17) is 11.6 Å². The van der Waals surface area contributed by atoms with Crippen LogP contribution in [0.4, 0.5) is 13.2 Å². The van der Waals surface area contributed by atoms with Gasteiger partial charge >= 0.3 is 6.18 Å². The van der Waals surface area contributed by atoms with E-state index in [1.54, 1.807) is 6.92 Å². The van der Waals surface area contributed by atoms with Crippen LogP contribution in [0.25, 0.3) is 11.3 Å². The molecule has 0 unspecified atom stereocenters. The molecule has 0 aliphatic carbocycles. The van der Waals surface area contributed by atoms with E-state index in [1.165, 1.54) is 29.2 Å². The molecule has 2 N–H and O–H groups in total. The SMILES string of the molecule is Cc1nc(-c2cnn([C@@H](CO)c3ccc(C(F)(F)F)cc3Cl)c2)cc(=O)[nH]1. The van der Waals surface area contributed by atoms with Crippen LogP contribution in [0.15, 0.2) is 41.5 Å². The first-order valence-electron chi connectivity index (χ1n) is 7.79. The molecule has 2 heterocycles. The standard InChI is InChI=1S/C17H14ClF3N4O2/c1-9-23-14(5-16(27)24-9)10-6-22-25(7-10)15(8-26)12-3-2-11(4-13(12)18)17(19,20)21/h2-7,15,26H,8H2,1H3,(H,23,24,27)/t15-/m0/s1. The highest BCUT2D eigenvalue weighted by atomic mass is 35.5. The third-order valence-electron chi connectivity index (χ3n) is 3.94. The molecular weight excluding hydrogens is 385 g/mol. The fraction of sp³-hybridized carbons (Fsp3) is 0.235. The van der Waals surface area contributed by atoms with Gasteiger partial charge in [0.05, 0.1) is 24.1 Å². The summed E-state index contributed by atoms with van der Waals surface area (Å²) in [5, 5.41) is 13.7. The first-order chi connectivity index (χ1) is 12.7. The lowest BCUT2D eigenvalue weighted by molar-refractivity contribution is -0.137. The van der Waals surface area contributed by atoms with Crippen LogP contribution in [0.2, 0.25) is 5.02 Å². The Hall–Kier alpha value is -2.65. The van der Waals surface area contributed by atoms with E-state index in [9.17, 15) is 23.1 Å². The highest BCUT2D eigenvalue weighted by Gasteiger charge is 2.31. The summed E-state index contributed by atoms with van der Waals surface area (Å²) in [5.74, 6) is 0.426. The Morgan fingerprint density at radius 3 is 2.67 bits per heavy atom. The van der Waals surface area contributed by atoms with Gasteiger partial charge in [0.1, 0.15) is 11.9 Å². The number of nitrogens with zero attached hydrogens (tertiary/aromatic N) is 3. The van der Waals surface area contributed by atoms with Gasteiger partial charge in [-0.15, -0.1) is 0 Å². The predicted molar refractivity (Wildman–Crippen MR) is 92.5 cm³/mol. The first kappa shape index (κ1) is 19.1. The minimum absolute atomic E-state index is 0.133. The van der Waals surface area contributed by atoms with Crippen LogP contribution < -0.4 is 5.56 Å². The third kappa shape index (κ3) is 4.04. The molecule has 3 rings (SSSR count). The molecule has 0 aliphatic rings. The highest BCUT2D eigenvalue weighted by Crippen LogP contribution is 2.34. The van der Waals surface area contributed by atoms with Crippen molar-refractivity contribution >= 4 is 11.6 Å². The van der Waals surface area contributed by atoms with Gasteiger partial charge in [-0.2, -0.15) is 18.3 Å². The van der Waals surface area contributed by atoms with Crippen LogP contribution in [0.3, 0.4) is 0 Å². The lowest BCUT2D eigenvalue weighted by atomic mass is 10.0. The number of hydrogen-bond acceptors (Lipinski definition) is 4. The molecule has 0 spiro atoms. The maximum absolute atomic E-state index is 12.8. The molecule has 0 fully saturated rings. The van der Waals surface area contributed by atoms with Crippen molar-refractivity contribution < 1.29 is 18.3 Å². The summed E-state index contributed by atoms with van der Waals surface area (Å²) in [5.41, 5.74) is -0.00715. The van der Waals surface area contributed by atoms with Crippen molar-refractivity contribution in [1.29, 1.82) is 0 Å². The van der Waals surface area contributed by atoms with E-state index < -0.39 is 24.4 Å². The number of benzene rings is 1. The number of aromatic amines is 1. The zero-order valence-corrected chi connectivity index (χ0v) is 14.7. The van der Waals surface area contributed by atoms with Crippen molar-refractivity contribution in [2.24, 2.45) is 0 Å². The van der Waals surface area contributed by atoms with Crippen LogP contribution in [0, 0.1) is 6.92 Å². The number of aryl methyl sites for hydroxylation is 1. The molecule has 0 radical (unpaired) electrons. The molecule has 2 aromatic heterocycles. The normalized spacial score (nSPS) is 13.0. The molecule has 0 saturated carbocycles. The van der Waals surface area contributed by atoms with E-state index in [0.29, 0.717) is 17.1 Å². The lowest BCUT2D eigenvalue weighted by Crippen LogP contribution is -2.16. The smallest absolute Gasteiger partial charge is 0.394 e. The Kier molecular flexibility index (Phi) is 5.07. The summed E-state index contributed by atoms with van der Waals surface area (Å²) in [4.78, 5) is 18.3. The summed E-state index contributed by atoms with van der Waals surface area (Å²) >= 11 is 6.01. The van der Waals surface area contributed by atoms with Crippen molar-refractivity contribution in [2.45, 2.75) is 19.1 Å². The van der Waals surface area contributed by atoms with Crippen LogP contribution >= 0.6 is 11.6 Å². The number of H-pyrrole nitrogens is 1. The molecule has 1 atom stereocenters. The van der Waals surface area contributed by atoms with Gasteiger partial charge in [0, 0.05) is 22.8 Å². The van der Waals surface area contributed by atoms with Gasteiger partial charge in [0.25, 0.3) is 5.56 Å². The lowest BCUT2D eigenvalue weighted by Gasteiger charge is -2.18. The molecular formula is C17H14ClF3N4O2. The number of nitrogens with one attached hydrogen (secondary N) is 1. The molecule has 3 aromatic rings. The first-order valence-corrected chi connectivity index (χ1v) is 8.17. The Balaban J connectivity index is 1.98. The second-order valence-electron chi connectivity index (χ2n) is 5.86. The quantitative estimate of drug-likeness (QED) is 0.707. The average Bonchev–Trinajstić information content (AvgIpc) is 3.05. The molecule has 0 saturated heterocycles. The van der Waals surface area contributed by atoms with E-state index in [2.05, 4.69) is 15.1 Å². The van der Waals surface area contributed by atoms with Crippen molar-refractivity contribution in [3.8, 4) is 11.3 Å². The molecule has 0 bridgehead atoms. The van der Waals surface area contributed by atoms with Crippen molar-refractivity contribution in [3.63, 3.8) is 0 Å². The van der Waals surface area contributed by atoms with E-state index >= 15 is 0 Å². The van der Waals surface area contributed by atoms with E-state index in [1.807, 2.05) is 0 Å². The molecule has 0 aliphatic heterocycles. The molecule has 10 heteroatoms. The molecule has 1 aromatic carbocycles. The molecule has 0 amide bonds. The predicted octanol–water partition coefficient (Wildman–Crippen LogP) is 3.20. The van der Waals surface area contributed by atoms with Crippen LogP contribution in [0.1, 0.15) is 23.0 Å². The summed E-state index contributed by atoms with van der Waals surface area (Å²) in [6, 6.07) is 3.43. The summed E-state index contributed by atoms with van der Waals surface area (Å²) < 4.78 is 39.8. The number of aromatic nitrogens is 4. The monoisotopic (exact) mass is 398 g/mol. The van der Waals surface area contributed by atoms with Gasteiger partial charge < -0.3 is 10.1 Å². The minimum Gasteiger partial charge on any atom is -0.394 e. The van der Waals surface area contributed by atoms with Crippen molar-refractivity contribution in [2.75, 3.05) is 6.61 Å². The fourth-order valence-electron chi connectivity index (χ4n) is 2.67. The van der Waals surface area contributed by atoms with Gasteiger partial charge in [-0.05, 0) is 24.6 Å². The number of alkyl halides is 3. The summed E-state index contributed by atoms with van der Waals surface area (Å²) in [6.07, 6.45) is -1.53. The van der Waals surface area contributed by atoms with Crippen molar-refractivity contribution in [1.82, 2.24) is 19.7 Å². The van der Waals surface area contributed by atoms with Crippen molar-refractivity contribution in [3.05, 3.63) is 69.0 Å². The van der Waals surface area contributed by atoms with Crippen LogP contribution in [-0.4, -0.2) is 31.5 Å². The maximum Gasteiger partial charge on any atom is 0.416 e. The average molecular weight is 399 g/mol. The Bertz CT molecular complexity index is 1030. The zero-order chi connectivity index (χ0) is 19.8. The number of hydrogen-bond donors (Lipinski definition) is 2. The Morgan fingerprint density at radius 2 is 2.07 bits per heavy atom. The molecule has 6 nitrogen and oxygen atoms in total. The highest BCUT2D eigenvalue weighted by molar-refractivity contribution is 6.31. The van der Waals surface area contributed by atoms with E-state index in [-0.39, 0.29) is 16.1 Å². The number of aliphatic hydroxyl groups is 1. The van der Waals surface area contributed by atoms with Crippen LogP contribution in [-0.2, 0) is 6.18 Å². The Morgan fingerprint density at radius 1 is 1.33 bits per heavy atom.